The summed E-state index contributed by atoms with van der Waals surface area (Å²) < 4.78 is 1.67. The third-order valence-corrected chi connectivity index (χ3v) is 3.73. The molecular weight excluding hydrogens is 246 g/mol. The number of aromatic carboxylic acids is 1. The van der Waals surface area contributed by atoms with E-state index in [-0.39, 0.29) is 11.6 Å². The van der Waals surface area contributed by atoms with Crippen LogP contribution in [0, 0.1) is 0 Å². The van der Waals surface area contributed by atoms with Gasteiger partial charge >= 0.3 is 5.97 Å². The summed E-state index contributed by atoms with van der Waals surface area (Å²) in [6.07, 6.45) is 3.22. The number of carbonyl (C=O) groups is 1. The van der Waals surface area contributed by atoms with Crippen molar-refractivity contribution < 1.29 is 15.0 Å². The zero-order valence-electron chi connectivity index (χ0n) is 10.4. The number of hydrogen-bond donors (Lipinski definition) is 2. The van der Waals surface area contributed by atoms with Crippen LogP contribution in [-0.4, -0.2) is 37.3 Å². The van der Waals surface area contributed by atoms with Crippen LogP contribution in [0.2, 0.25) is 0 Å². The summed E-state index contributed by atoms with van der Waals surface area (Å²) in [5.41, 5.74) is 1.54. The van der Waals surface area contributed by atoms with Crippen LogP contribution in [0.25, 0.3) is 11.0 Å². The van der Waals surface area contributed by atoms with Crippen LogP contribution in [0.3, 0.4) is 0 Å². The van der Waals surface area contributed by atoms with E-state index in [0.717, 1.165) is 25.7 Å². The molecular formula is C13H15N3O3. The van der Waals surface area contributed by atoms with Crippen LogP contribution < -0.4 is 0 Å². The number of nitrogens with zero attached hydrogens (tertiary/aromatic N) is 3. The van der Waals surface area contributed by atoms with Gasteiger partial charge in [-0.3, -0.25) is 0 Å². The van der Waals surface area contributed by atoms with E-state index >= 15 is 0 Å². The molecule has 0 bridgehead atoms. The zero-order chi connectivity index (χ0) is 13.4. The monoisotopic (exact) mass is 261 g/mol. The fourth-order valence-corrected chi connectivity index (χ4v) is 2.69. The Kier molecular flexibility index (Phi) is 2.94. The highest BCUT2D eigenvalue weighted by atomic mass is 16.4. The molecule has 0 amide bonds. The van der Waals surface area contributed by atoms with Crippen LogP contribution in [0.5, 0.6) is 0 Å². The van der Waals surface area contributed by atoms with Gasteiger partial charge in [0.25, 0.3) is 0 Å². The van der Waals surface area contributed by atoms with Crippen LogP contribution in [0.1, 0.15) is 42.1 Å². The average Bonchev–Trinajstić information content (AvgIpc) is 2.82. The number of fused-ring (bicyclic) bond motifs is 1. The Morgan fingerprint density at radius 3 is 2.84 bits per heavy atom. The van der Waals surface area contributed by atoms with E-state index in [9.17, 15) is 9.90 Å². The van der Waals surface area contributed by atoms with Crippen LogP contribution >= 0.6 is 0 Å². The van der Waals surface area contributed by atoms with E-state index in [1.54, 1.807) is 16.8 Å². The van der Waals surface area contributed by atoms with Crippen molar-refractivity contribution in [3.63, 3.8) is 0 Å². The van der Waals surface area contributed by atoms with Gasteiger partial charge in [-0.25, -0.2) is 9.48 Å². The Morgan fingerprint density at radius 1 is 1.32 bits per heavy atom. The normalized spacial score (nSPS) is 23.6. The lowest BCUT2D eigenvalue weighted by Crippen LogP contribution is -2.28. The SMILES string of the molecule is O=C(O)c1ccc2nnn(C3CCCCC3O)c2c1. The van der Waals surface area contributed by atoms with Crippen molar-refractivity contribution in [3.05, 3.63) is 23.8 Å². The van der Waals surface area contributed by atoms with Gasteiger partial charge in [0.15, 0.2) is 0 Å². The first-order valence-corrected chi connectivity index (χ1v) is 6.43. The van der Waals surface area contributed by atoms with Crippen LogP contribution in [0.15, 0.2) is 18.2 Å². The molecule has 1 aromatic heterocycles. The molecule has 1 heterocycles. The Labute approximate surface area is 109 Å². The van der Waals surface area contributed by atoms with Gasteiger partial charge in [0.05, 0.1) is 23.2 Å². The summed E-state index contributed by atoms with van der Waals surface area (Å²) in [4.78, 5) is 11.0. The smallest absolute Gasteiger partial charge is 0.335 e. The van der Waals surface area contributed by atoms with E-state index in [4.69, 9.17) is 5.11 Å². The van der Waals surface area contributed by atoms with Gasteiger partial charge in [-0.2, -0.15) is 0 Å². The minimum absolute atomic E-state index is 0.109. The first-order chi connectivity index (χ1) is 9.16. The van der Waals surface area contributed by atoms with Crippen molar-refractivity contribution in [2.24, 2.45) is 0 Å². The maximum absolute atomic E-state index is 11.0. The highest BCUT2D eigenvalue weighted by molar-refractivity contribution is 5.92. The summed E-state index contributed by atoms with van der Waals surface area (Å²) in [5.74, 6) is -0.973. The Balaban J connectivity index is 2.07. The van der Waals surface area contributed by atoms with Gasteiger partial charge in [0.2, 0.25) is 0 Å². The molecule has 0 aliphatic heterocycles. The van der Waals surface area contributed by atoms with Crippen molar-refractivity contribution in [1.29, 1.82) is 0 Å². The number of rotatable bonds is 2. The fourth-order valence-electron chi connectivity index (χ4n) is 2.69. The molecule has 100 valence electrons. The number of hydrogen-bond acceptors (Lipinski definition) is 4. The number of aliphatic hydroxyl groups is 1. The van der Waals surface area contributed by atoms with Gasteiger partial charge in [0.1, 0.15) is 5.52 Å². The summed E-state index contributed by atoms with van der Waals surface area (Å²) in [6.45, 7) is 0. The summed E-state index contributed by atoms with van der Waals surface area (Å²) in [5, 5.41) is 27.2. The van der Waals surface area contributed by atoms with Crippen LogP contribution in [0.4, 0.5) is 0 Å². The lowest BCUT2D eigenvalue weighted by molar-refractivity contribution is 0.0696. The number of aromatic nitrogens is 3. The van der Waals surface area contributed by atoms with Crippen molar-refractivity contribution in [3.8, 4) is 0 Å². The van der Waals surface area contributed by atoms with Crippen molar-refractivity contribution in [2.45, 2.75) is 37.8 Å². The molecule has 1 aromatic carbocycles. The molecule has 2 atom stereocenters. The molecule has 0 saturated heterocycles. The quantitative estimate of drug-likeness (QED) is 0.857. The molecule has 2 aromatic rings. The Bertz CT molecular complexity index is 623. The van der Waals surface area contributed by atoms with Gasteiger partial charge in [0, 0.05) is 0 Å². The minimum atomic E-state index is -0.973. The first kappa shape index (κ1) is 12.1. The van der Waals surface area contributed by atoms with E-state index in [2.05, 4.69) is 10.3 Å². The lowest BCUT2D eigenvalue weighted by atomic mass is 9.92. The van der Waals surface area contributed by atoms with Crippen LogP contribution in [-0.2, 0) is 0 Å². The molecule has 1 saturated carbocycles. The maximum atomic E-state index is 11.0. The van der Waals surface area contributed by atoms with Crippen molar-refractivity contribution in [1.82, 2.24) is 15.0 Å². The van der Waals surface area contributed by atoms with Crippen molar-refractivity contribution >= 4 is 17.0 Å². The number of carboxylic acids is 1. The largest absolute Gasteiger partial charge is 0.478 e. The van der Waals surface area contributed by atoms with Gasteiger partial charge < -0.3 is 10.2 Å². The standard InChI is InChI=1S/C13H15N3O3/c17-12-4-2-1-3-10(12)16-11-7-8(13(18)19)5-6-9(11)14-15-16/h5-7,10,12,17H,1-4H2,(H,18,19). The Hall–Kier alpha value is -1.95. The minimum Gasteiger partial charge on any atom is -0.478 e. The highest BCUT2D eigenvalue weighted by Gasteiger charge is 2.27. The van der Waals surface area contributed by atoms with Gasteiger partial charge in [-0.05, 0) is 31.0 Å². The molecule has 1 aliphatic carbocycles. The number of carboxylic acid groups (broad SMARTS) is 1. The molecule has 6 nitrogen and oxygen atoms in total. The van der Waals surface area contributed by atoms with Crippen molar-refractivity contribution in [2.75, 3.05) is 0 Å². The predicted molar refractivity (Wildman–Crippen MR) is 68.0 cm³/mol. The molecule has 6 heteroatoms. The molecule has 19 heavy (non-hydrogen) atoms. The summed E-state index contributed by atoms with van der Waals surface area (Å²) in [6, 6.07) is 4.63. The highest BCUT2D eigenvalue weighted by Crippen LogP contribution is 2.30. The molecule has 1 aliphatic rings. The van der Waals surface area contributed by atoms with E-state index in [1.165, 1.54) is 6.07 Å². The molecule has 2 N–H and O–H groups in total. The topological polar surface area (TPSA) is 88.2 Å². The summed E-state index contributed by atoms with van der Waals surface area (Å²) >= 11 is 0. The predicted octanol–water partition coefficient (Wildman–Crippen LogP) is 1.61. The van der Waals surface area contributed by atoms with E-state index in [0.29, 0.717) is 11.0 Å². The lowest BCUT2D eigenvalue weighted by Gasteiger charge is -2.27. The molecule has 0 radical (unpaired) electrons. The molecule has 1 fully saturated rings. The van der Waals surface area contributed by atoms with Gasteiger partial charge in [-0.15, -0.1) is 5.10 Å². The number of benzene rings is 1. The van der Waals surface area contributed by atoms with Gasteiger partial charge in [-0.1, -0.05) is 18.1 Å². The average molecular weight is 261 g/mol. The summed E-state index contributed by atoms with van der Waals surface area (Å²) in [7, 11) is 0. The van der Waals surface area contributed by atoms with E-state index in [1.807, 2.05) is 0 Å². The number of aliphatic hydroxyl groups excluding tert-OH is 1. The second-order valence-corrected chi connectivity index (χ2v) is 4.96. The molecule has 0 spiro atoms. The third-order valence-electron chi connectivity index (χ3n) is 3.73. The second-order valence-electron chi connectivity index (χ2n) is 4.96. The third kappa shape index (κ3) is 2.08. The fraction of sp³-hybridized carbons (Fsp3) is 0.462. The van der Waals surface area contributed by atoms with E-state index < -0.39 is 12.1 Å². The molecule has 2 unspecified atom stereocenters. The maximum Gasteiger partial charge on any atom is 0.335 e. The zero-order valence-corrected chi connectivity index (χ0v) is 10.4. The Morgan fingerprint density at radius 2 is 2.11 bits per heavy atom. The second kappa shape index (κ2) is 4.62. The molecule has 3 rings (SSSR count). The first-order valence-electron chi connectivity index (χ1n) is 6.43.